The Labute approximate surface area is 138 Å². The van der Waals surface area contributed by atoms with Gasteiger partial charge in [0.2, 0.25) is 0 Å². The van der Waals surface area contributed by atoms with Crippen molar-refractivity contribution in [3.05, 3.63) is 59.7 Å². The number of methoxy groups -OCH3 is 2. The summed E-state index contributed by atoms with van der Waals surface area (Å²) in [5.74, 6) is 1.72. The lowest BCUT2D eigenvalue weighted by Crippen LogP contribution is -2.49. The number of hydrogen-bond donors (Lipinski definition) is 2. The second kappa shape index (κ2) is 7.49. The molecule has 0 aliphatic rings. The molecule has 4 nitrogen and oxygen atoms in total. The molecule has 0 fully saturated rings. The molecule has 2 aromatic rings. The summed E-state index contributed by atoms with van der Waals surface area (Å²) in [4.78, 5) is 0. The van der Waals surface area contributed by atoms with E-state index in [0.717, 1.165) is 35.5 Å². The molecular formula is C19H26N2O2. The van der Waals surface area contributed by atoms with Crippen LogP contribution in [-0.2, 0) is 12.8 Å². The van der Waals surface area contributed by atoms with Crippen LogP contribution in [0.4, 0.5) is 0 Å². The number of nitrogens with two attached hydrogens (primary N) is 2. The van der Waals surface area contributed by atoms with E-state index in [0.29, 0.717) is 0 Å². The Morgan fingerprint density at radius 1 is 0.826 bits per heavy atom. The van der Waals surface area contributed by atoms with Gasteiger partial charge in [-0.3, -0.25) is 0 Å². The van der Waals surface area contributed by atoms with E-state index in [9.17, 15) is 0 Å². The largest absolute Gasteiger partial charge is 0.496 e. The fourth-order valence-electron chi connectivity index (χ4n) is 2.87. The minimum Gasteiger partial charge on any atom is -0.496 e. The highest BCUT2D eigenvalue weighted by Crippen LogP contribution is 2.34. The zero-order valence-corrected chi connectivity index (χ0v) is 14.1. The quantitative estimate of drug-likeness (QED) is 0.771. The summed E-state index contributed by atoms with van der Waals surface area (Å²) in [6.07, 6.45) is 0.997. The lowest BCUT2D eigenvalue weighted by Gasteiger charge is -2.34. The predicted octanol–water partition coefficient (Wildman–Crippen LogP) is 2.74. The molecule has 0 bridgehead atoms. The van der Waals surface area contributed by atoms with Crippen molar-refractivity contribution in [3.8, 4) is 11.5 Å². The van der Waals surface area contributed by atoms with Crippen LogP contribution in [0.25, 0.3) is 0 Å². The van der Waals surface area contributed by atoms with Crippen LogP contribution in [0, 0.1) is 5.41 Å². The summed E-state index contributed by atoms with van der Waals surface area (Å²) >= 11 is 0. The minimum atomic E-state index is -0.461. The van der Waals surface area contributed by atoms with Crippen molar-refractivity contribution in [2.45, 2.75) is 25.9 Å². The smallest absolute Gasteiger partial charge is 0.122 e. The van der Waals surface area contributed by atoms with Gasteiger partial charge in [-0.15, -0.1) is 0 Å². The Bertz CT molecular complexity index is 591. The number of para-hydroxylation sites is 2. The molecule has 0 amide bonds. The van der Waals surface area contributed by atoms with Crippen LogP contribution in [0.5, 0.6) is 11.5 Å². The summed E-state index contributed by atoms with van der Waals surface area (Å²) in [5.41, 5.74) is 14.2. The van der Waals surface area contributed by atoms with Crippen molar-refractivity contribution >= 4 is 0 Å². The van der Waals surface area contributed by atoms with Crippen LogP contribution in [0.2, 0.25) is 0 Å². The summed E-state index contributed by atoms with van der Waals surface area (Å²) in [5, 5.41) is 0. The molecule has 0 aromatic heterocycles. The van der Waals surface area contributed by atoms with Gasteiger partial charge in [0.25, 0.3) is 0 Å². The second-order valence-electron chi connectivity index (χ2n) is 6.16. The van der Waals surface area contributed by atoms with Crippen LogP contribution < -0.4 is 20.9 Å². The average Bonchev–Trinajstić information content (AvgIpc) is 2.55. The van der Waals surface area contributed by atoms with Gasteiger partial charge in [-0.1, -0.05) is 43.3 Å². The van der Waals surface area contributed by atoms with Gasteiger partial charge in [0.1, 0.15) is 11.5 Å². The number of ether oxygens (including phenoxy) is 2. The Kier molecular flexibility index (Phi) is 5.64. The Morgan fingerprint density at radius 2 is 1.22 bits per heavy atom. The molecule has 4 heteroatoms. The molecule has 0 radical (unpaired) electrons. The average molecular weight is 314 g/mol. The molecule has 0 heterocycles. The van der Waals surface area contributed by atoms with Crippen LogP contribution in [0.15, 0.2) is 48.5 Å². The number of rotatable bonds is 7. The number of hydrogen-bond acceptors (Lipinski definition) is 4. The maximum Gasteiger partial charge on any atom is 0.122 e. The zero-order valence-electron chi connectivity index (χ0n) is 14.1. The van der Waals surface area contributed by atoms with Gasteiger partial charge in [0.15, 0.2) is 0 Å². The summed E-state index contributed by atoms with van der Waals surface area (Å²) in [6, 6.07) is 16.0. The summed E-state index contributed by atoms with van der Waals surface area (Å²) in [7, 11) is 3.36. The van der Waals surface area contributed by atoms with Crippen molar-refractivity contribution in [2.24, 2.45) is 16.9 Å². The molecule has 0 atom stereocenters. The molecule has 0 unspecified atom stereocenters. The highest BCUT2D eigenvalue weighted by molar-refractivity contribution is 5.37. The third-order valence-electron chi connectivity index (χ3n) is 4.38. The van der Waals surface area contributed by atoms with Crippen LogP contribution >= 0.6 is 0 Å². The van der Waals surface area contributed by atoms with Crippen LogP contribution in [0.1, 0.15) is 18.1 Å². The maximum atomic E-state index is 6.15. The Morgan fingerprint density at radius 3 is 1.57 bits per heavy atom. The molecule has 23 heavy (non-hydrogen) atoms. The normalized spacial score (nSPS) is 11.6. The van der Waals surface area contributed by atoms with E-state index >= 15 is 0 Å². The molecule has 0 saturated carbocycles. The minimum absolute atomic E-state index is 0.316. The molecule has 0 aliphatic heterocycles. The first-order chi connectivity index (χ1) is 11.0. The fourth-order valence-corrected chi connectivity index (χ4v) is 2.87. The summed E-state index contributed by atoms with van der Waals surface area (Å²) in [6.45, 7) is 2.11. The van der Waals surface area contributed by atoms with Crippen molar-refractivity contribution in [1.82, 2.24) is 0 Å². The highest BCUT2D eigenvalue weighted by atomic mass is 16.5. The van der Waals surface area contributed by atoms with E-state index in [1.165, 1.54) is 0 Å². The second-order valence-corrected chi connectivity index (χ2v) is 6.16. The fraction of sp³-hybridized carbons (Fsp3) is 0.368. The van der Waals surface area contributed by atoms with Gasteiger partial charge in [-0.25, -0.2) is 0 Å². The zero-order chi connectivity index (χ0) is 16.9. The van der Waals surface area contributed by atoms with Gasteiger partial charge in [0.05, 0.1) is 20.4 Å². The molecule has 124 valence electrons. The van der Waals surface area contributed by atoms with Crippen molar-refractivity contribution in [2.75, 3.05) is 14.2 Å². The van der Waals surface area contributed by atoms with Gasteiger partial charge in [-0.2, -0.15) is 0 Å². The first kappa shape index (κ1) is 17.3. The van der Waals surface area contributed by atoms with Crippen LogP contribution in [0.3, 0.4) is 0 Å². The molecule has 0 spiro atoms. The van der Waals surface area contributed by atoms with E-state index in [2.05, 4.69) is 19.1 Å². The van der Waals surface area contributed by atoms with Gasteiger partial charge in [-0.05, 0) is 36.1 Å². The van der Waals surface area contributed by atoms with E-state index in [1.807, 2.05) is 36.4 Å². The van der Waals surface area contributed by atoms with Gasteiger partial charge in [0, 0.05) is 5.41 Å². The Hall–Kier alpha value is -2.04. The van der Waals surface area contributed by atoms with E-state index < -0.39 is 6.17 Å². The topological polar surface area (TPSA) is 70.5 Å². The monoisotopic (exact) mass is 314 g/mol. The van der Waals surface area contributed by atoms with Crippen LogP contribution in [-0.4, -0.2) is 20.4 Å². The van der Waals surface area contributed by atoms with Crippen molar-refractivity contribution in [1.29, 1.82) is 0 Å². The first-order valence-electron chi connectivity index (χ1n) is 7.75. The highest BCUT2D eigenvalue weighted by Gasteiger charge is 2.32. The van der Waals surface area contributed by atoms with E-state index in [-0.39, 0.29) is 5.41 Å². The van der Waals surface area contributed by atoms with Crippen molar-refractivity contribution < 1.29 is 9.47 Å². The van der Waals surface area contributed by atoms with Crippen molar-refractivity contribution in [3.63, 3.8) is 0 Å². The van der Waals surface area contributed by atoms with Gasteiger partial charge >= 0.3 is 0 Å². The molecule has 2 rings (SSSR count). The van der Waals surface area contributed by atoms with E-state index in [1.54, 1.807) is 14.2 Å². The predicted molar refractivity (Wildman–Crippen MR) is 93.7 cm³/mol. The molecule has 0 aliphatic carbocycles. The molecular weight excluding hydrogens is 288 g/mol. The molecule has 2 aromatic carbocycles. The van der Waals surface area contributed by atoms with E-state index in [4.69, 9.17) is 20.9 Å². The lowest BCUT2D eigenvalue weighted by molar-refractivity contribution is 0.246. The maximum absolute atomic E-state index is 6.15. The summed E-state index contributed by atoms with van der Waals surface area (Å²) < 4.78 is 10.9. The standard InChI is InChI=1S/C19H26N2O2/c1-19(18(20)21,12-14-8-4-6-10-16(14)22-2)13-15-9-5-7-11-17(15)23-3/h4-11,18H,12-13,20-21H2,1-3H3. The van der Waals surface area contributed by atoms with Gasteiger partial charge < -0.3 is 20.9 Å². The third kappa shape index (κ3) is 4.03. The third-order valence-corrected chi connectivity index (χ3v) is 4.38. The molecule has 0 saturated heterocycles. The lowest BCUT2D eigenvalue weighted by atomic mass is 9.75. The Balaban J connectivity index is 2.32. The first-order valence-corrected chi connectivity index (χ1v) is 7.75. The SMILES string of the molecule is COc1ccccc1CC(C)(Cc1ccccc1OC)C(N)N. The number of benzene rings is 2. The molecule has 4 N–H and O–H groups in total.